The van der Waals surface area contributed by atoms with Crippen molar-refractivity contribution in [1.29, 1.82) is 0 Å². The van der Waals surface area contributed by atoms with Crippen molar-refractivity contribution in [1.82, 2.24) is 0 Å². The monoisotopic (exact) mass is 698 g/mol. The first kappa shape index (κ1) is 32.9. The Morgan fingerprint density at radius 1 is 0.229 bits per heavy atom. The van der Waals surface area contributed by atoms with Gasteiger partial charge in [-0.1, -0.05) is 0 Å². The van der Waals surface area contributed by atoms with Gasteiger partial charge in [-0.05, 0) is 0 Å². The van der Waals surface area contributed by atoms with E-state index < -0.39 is 87.9 Å². The molecule has 6 aliphatic heterocycles. The van der Waals surface area contributed by atoms with Crippen LogP contribution in [0.5, 0.6) is 0 Å². The molecule has 21 nitrogen and oxygen atoms in total. The van der Waals surface area contributed by atoms with Crippen molar-refractivity contribution >= 4 is 140 Å². The molecule has 0 amide bonds. The first-order valence-corrected chi connectivity index (χ1v) is 8.49. The van der Waals surface area contributed by atoms with E-state index in [1.807, 2.05) is 0 Å². The van der Waals surface area contributed by atoms with E-state index in [9.17, 15) is 30.1 Å². The molecule has 0 aromatic rings. The molecule has 0 saturated carbocycles. The van der Waals surface area contributed by atoms with Gasteiger partial charge in [-0.25, -0.2) is 0 Å². The molecule has 0 aromatic carbocycles. The molecule has 0 spiro atoms. The quantitative estimate of drug-likeness (QED) is 0.213. The van der Waals surface area contributed by atoms with Crippen molar-refractivity contribution in [2.75, 3.05) is 0 Å². The van der Waals surface area contributed by atoms with Gasteiger partial charge in [0.2, 0.25) is 0 Å². The van der Waals surface area contributed by atoms with Crippen LogP contribution in [-0.2, 0) is 68.6 Å². The minimum atomic E-state index is -1.73. The standard InChI is InChI=1S/3B4O7.2In/c3*5-1-7-3-9-2(6)10-4(8-1)11-3;;/q3*-2;2*+3. The van der Waals surface area contributed by atoms with Crippen LogP contribution in [-0.4, -0.2) is 140 Å². The van der Waals surface area contributed by atoms with E-state index in [1.165, 1.54) is 0 Å². The van der Waals surface area contributed by atoms with Crippen molar-refractivity contribution in [3.05, 3.63) is 0 Å². The van der Waals surface area contributed by atoms with Crippen molar-refractivity contribution in [2.24, 2.45) is 0 Å². The fraction of sp³-hybridized carbons (Fsp3) is 0. The molecular formula is B12In2O21. The van der Waals surface area contributed by atoms with E-state index in [0.717, 1.165) is 0 Å². The summed E-state index contributed by atoms with van der Waals surface area (Å²) in [5, 5.41) is 62.9. The van der Waals surface area contributed by atoms with E-state index in [-0.39, 0.29) is 51.7 Å². The van der Waals surface area contributed by atoms with Gasteiger partial charge in [0.1, 0.15) is 0 Å². The fourth-order valence-electron chi connectivity index (χ4n) is 2.13. The van der Waals surface area contributed by atoms with Crippen LogP contribution in [0.15, 0.2) is 0 Å². The molecule has 6 aliphatic rings. The summed E-state index contributed by atoms with van der Waals surface area (Å²) in [4.78, 5) is 0. The van der Waals surface area contributed by atoms with E-state index in [4.69, 9.17) is 0 Å². The van der Waals surface area contributed by atoms with Gasteiger partial charge < -0.3 is 98.7 Å². The Balaban J connectivity index is 0.000000180. The zero-order chi connectivity index (χ0) is 23.5. The average Bonchev–Trinajstić information content (AvgIpc) is 2.65. The third-order valence-corrected chi connectivity index (χ3v) is 3.33. The predicted octanol–water partition coefficient (Wildman–Crippen LogP) is -13.5. The average molecular weight is 695 g/mol. The maximum absolute atomic E-state index is 10.5. The Morgan fingerprint density at radius 3 is 0.457 bits per heavy atom. The summed E-state index contributed by atoms with van der Waals surface area (Å²) in [5.74, 6) is 0. The van der Waals surface area contributed by atoms with Gasteiger partial charge in [0.15, 0.2) is 0 Å². The van der Waals surface area contributed by atoms with Crippen molar-refractivity contribution in [3.8, 4) is 0 Å². The van der Waals surface area contributed by atoms with E-state index in [0.29, 0.717) is 0 Å². The van der Waals surface area contributed by atoms with Gasteiger partial charge in [-0.2, -0.15) is 0 Å². The molecule has 6 rings (SSSR count). The Bertz CT molecular complexity index is 439. The van der Waals surface area contributed by atoms with E-state index in [2.05, 4.69) is 68.6 Å². The summed E-state index contributed by atoms with van der Waals surface area (Å²) in [6, 6.07) is 0. The van der Waals surface area contributed by atoms with Gasteiger partial charge in [0, 0.05) is 0 Å². The Hall–Kier alpha value is 1.68. The second kappa shape index (κ2) is 15.5. The number of hydrogen-bond acceptors (Lipinski definition) is 21. The normalized spacial score (nSPS) is 23.1. The first-order valence-electron chi connectivity index (χ1n) is 8.49. The molecule has 0 unspecified atom stereocenters. The van der Waals surface area contributed by atoms with Crippen LogP contribution in [0.2, 0.25) is 0 Å². The molecule has 0 N–H and O–H groups in total. The third kappa shape index (κ3) is 10.6. The van der Waals surface area contributed by atoms with E-state index in [1.54, 1.807) is 0 Å². The summed E-state index contributed by atoms with van der Waals surface area (Å²) < 4.78 is 65.6. The molecule has 0 aliphatic carbocycles. The van der Waals surface area contributed by atoms with Crippen LogP contribution in [0.4, 0.5) is 0 Å². The van der Waals surface area contributed by atoms with E-state index >= 15 is 0 Å². The predicted molar refractivity (Wildman–Crippen MR) is 96.8 cm³/mol. The minimum Gasteiger partial charge on any atom is -0.833 e. The maximum atomic E-state index is 10.5. The van der Waals surface area contributed by atoms with Crippen LogP contribution in [0, 0.1) is 0 Å². The number of hydrogen-bond donors (Lipinski definition) is 0. The number of rotatable bonds is 0. The Morgan fingerprint density at radius 2 is 0.343 bits per heavy atom. The van der Waals surface area contributed by atoms with Gasteiger partial charge in [0.25, 0.3) is 0 Å². The second-order valence-corrected chi connectivity index (χ2v) is 5.51. The number of fused-ring (bicyclic) bond motifs is 6. The van der Waals surface area contributed by atoms with Gasteiger partial charge in [0.05, 0.1) is 0 Å². The van der Waals surface area contributed by atoms with Crippen LogP contribution in [0.3, 0.4) is 0 Å². The molecular weight excluding hydrogens is 695 g/mol. The van der Waals surface area contributed by atoms with Crippen LogP contribution < -0.4 is 30.1 Å². The van der Waals surface area contributed by atoms with Crippen molar-refractivity contribution < 1.29 is 98.7 Å². The van der Waals surface area contributed by atoms with Gasteiger partial charge >= 0.3 is 140 Å². The minimum absolute atomic E-state index is 0. The molecule has 0 radical (unpaired) electrons. The SMILES string of the molecule is [In+3].[In+3].[O-]B1OB2OB([O-])OB(O1)O2.[O-]B1OB2OB([O-])OB(O1)O2.[O-]B1OB2OB([O-])OB(O1)O2. The summed E-state index contributed by atoms with van der Waals surface area (Å²) in [6.45, 7) is 0. The third-order valence-electron chi connectivity index (χ3n) is 3.33. The molecule has 35 heteroatoms. The molecule has 35 heavy (non-hydrogen) atoms. The summed E-state index contributed by atoms with van der Waals surface area (Å²) in [7, 11) is -18.0. The topological polar surface area (TPSA) is 277 Å². The molecule has 0 aromatic heterocycles. The van der Waals surface area contributed by atoms with Gasteiger partial charge in [-0.3, -0.25) is 0 Å². The summed E-state index contributed by atoms with van der Waals surface area (Å²) >= 11 is 0. The largest absolute Gasteiger partial charge is 3.00 e. The molecule has 168 valence electrons. The van der Waals surface area contributed by atoms with Crippen molar-refractivity contribution in [3.63, 3.8) is 0 Å². The fourth-order valence-corrected chi connectivity index (χ4v) is 2.13. The smallest absolute Gasteiger partial charge is 0.833 e. The van der Waals surface area contributed by atoms with Crippen LogP contribution >= 0.6 is 0 Å². The molecule has 6 fully saturated rings. The molecule has 6 heterocycles. The molecule has 6 bridgehead atoms. The maximum Gasteiger partial charge on any atom is 3.00 e. The summed E-state index contributed by atoms with van der Waals surface area (Å²) in [6.07, 6.45) is 0. The Labute approximate surface area is 237 Å². The zero-order valence-corrected chi connectivity index (χ0v) is 23.2. The Kier molecular flexibility index (Phi) is 14.5. The van der Waals surface area contributed by atoms with Crippen molar-refractivity contribution in [2.45, 2.75) is 0 Å². The second-order valence-electron chi connectivity index (χ2n) is 5.51. The van der Waals surface area contributed by atoms with Crippen LogP contribution in [0.25, 0.3) is 0 Å². The zero-order valence-electron chi connectivity index (χ0n) is 16.7. The van der Waals surface area contributed by atoms with Gasteiger partial charge in [-0.15, -0.1) is 0 Å². The molecule has 6 saturated heterocycles. The summed E-state index contributed by atoms with van der Waals surface area (Å²) in [5.41, 5.74) is 0. The van der Waals surface area contributed by atoms with Crippen LogP contribution in [0.1, 0.15) is 0 Å². The first-order chi connectivity index (χ1) is 15.7. The molecule has 0 atom stereocenters.